The zero-order valence-corrected chi connectivity index (χ0v) is 18.9. The summed E-state index contributed by atoms with van der Waals surface area (Å²) in [6.07, 6.45) is -5.58. The van der Waals surface area contributed by atoms with Gasteiger partial charge in [0.2, 0.25) is 22.8 Å². The van der Waals surface area contributed by atoms with Gasteiger partial charge < -0.3 is 0 Å². The van der Waals surface area contributed by atoms with Gasteiger partial charge in [-0.3, -0.25) is 19.2 Å². The van der Waals surface area contributed by atoms with Crippen LogP contribution in [0.25, 0.3) is 0 Å². The first-order valence-corrected chi connectivity index (χ1v) is 10.2. The zero-order valence-electron chi connectivity index (χ0n) is 14.1. The molecule has 0 amide bonds. The van der Waals surface area contributed by atoms with Gasteiger partial charge in [-0.1, -0.05) is 18.2 Å². The molecule has 0 spiro atoms. The van der Waals surface area contributed by atoms with Gasteiger partial charge in [0.1, 0.15) is 0 Å². The Balaban J connectivity index is 0.00000300. The summed E-state index contributed by atoms with van der Waals surface area (Å²) in [6, 6.07) is 7.67. The van der Waals surface area contributed by atoms with Gasteiger partial charge >= 0.3 is 6.18 Å². The van der Waals surface area contributed by atoms with Gasteiger partial charge in [0.25, 0.3) is 5.78 Å². The molecule has 0 aliphatic carbocycles. The van der Waals surface area contributed by atoms with Crippen LogP contribution < -0.4 is 0 Å². The van der Waals surface area contributed by atoms with Crippen molar-refractivity contribution in [3.63, 3.8) is 0 Å². The maximum Gasteiger partial charge on any atom is 0.452 e. The number of carbonyl (C=O) groups is 4. The SMILES string of the molecule is O=C(c1cccs1)C(C(=O)c1cccs1)(C(=O)c1cccs1)C(=O)C(F)(F)F.[Eu]. The number of hydrogen-bond donors (Lipinski definition) is 0. The standard InChI is InChI=1S/C18H9F3O4S3.Eu/c19-18(20,21)16(25)17(13(22)10-4-1-7-26-10,14(23)11-5-2-8-27-11)15(24)12-6-3-9-28-12;/h1-9H;. The van der Waals surface area contributed by atoms with Gasteiger partial charge in [-0.15, -0.1) is 34.0 Å². The van der Waals surface area contributed by atoms with Crippen LogP contribution in [0.1, 0.15) is 29.0 Å². The van der Waals surface area contributed by atoms with E-state index in [9.17, 15) is 32.3 Å². The monoisotopic (exact) mass is 595 g/mol. The number of thiophene rings is 3. The van der Waals surface area contributed by atoms with Crippen molar-refractivity contribution < 1.29 is 81.7 Å². The molecule has 3 rings (SSSR count). The van der Waals surface area contributed by atoms with E-state index in [2.05, 4.69) is 0 Å². The molecule has 1 radical (unpaired) electrons. The largest absolute Gasteiger partial charge is 0.452 e. The van der Waals surface area contributed by atoms with Crippen LogP contribution in [0.3, 0.4) is 0 Å². The van der Waals surface area contributed by atoms with E-state index < -0.39 is 34.7 Å². The van der Waals surface area contributed by atoms with Crippen LogP contribution in [-0.4, -0.2) is 29.3 Å². The predicted octanol–water partition coefficient (Wildman–Crippen LogP) is 4.94. The molecule has 0 fully saturated rings. The van der Waals surface area contributed by atoms with Crippen LogP contribution in [0.15, 0.2) is 52.5 Å². The van der Waals surface area contributed by atoms with Crippen molar-refractivity contribution in [2.75, 3.05) is 0 Å². The Morgan fingerprint density at radius 1 is 0.655 bits per heavy atom. The van der Waals surface area contributed by atoms with Crippen molar-refractivity contribution in [3.05, 3.63) is 67.2 Å². The minimum atomic E-state index is -5.58. The maximum absolute atomic E-state index is 13.6. The normalized spacial score (nSPS) is 11.6. The zero-order chi connectivity index (χ0) is 20.5. The number of rotatable bonds is 7. The summed E-state index contributed by atoms with van der Waals surface area (Å²) in [7, 11) is 0. The molecular weight excluding hydrogens is 585 g/mol. The number of alkyl halides is 3. The number of ketones is 4. The molecule has 0 atom stereocenters. The fourth-order valence-electron chi connectivity index (χ4n) is 2.61. The summed E-state index contributed by atoms with van der Waals surface area (Å²) >= 11 is 2.25. The summed E-state index contributed by atoms with van der Waals surface area (Å²) in [5.74, 6) is -7.10. The van der Waals surface area contributed by atoms with Gasteiger partial charge in [0.15, 0.2) is 0 Å². The number of halogens is 3. The van der Waals surface area contributed by atoms with Crippen molar-refractivity contribution in [2.45, 2.75) is 6.18 Å². The molecule has 3 heterocycles. The third kappa shape index (κ3) is 4.45. The van der Waals surface area contributed by atoms with Crippen molar-refractivity contribution in [1.29, 1.82) is 0 Å². The molecule has 0 aliphatic heterocycles. The van der Waals surface area contributed by atoms with Crippen LogP contribution in [-0.2, 0) is 4.79 Å². The molecule has 4 nitrogen and oxygen atoms in total. The molecule has 3 aromatic rings. The van der Waals surface area contributed by atoms with Crippen LogP contribution in [0.2, 0.25) is 0 Å². The van der Waals surface area contributed by atoms with Gasteiger partial charge in [-0.05, 0) is 34.3 Å². The van der Waals surface area contributed by atoms with E-state index in [1.54, 1.807) is 0 Å². The summed E-state index contributed by atoms with van der Waals surface area (Å²) in [6.45, 7) is 0. The van der Waals surface area contributed by atoms with Crippen molar-refractivity contribution in [3.8, 4) is 0 Å². The second-order valence-corrected chi connectivity index (χ2v) is 8.34. The van der Waals surface area contributed by atoms with Gasteiger partial charge in [0.05, 0.1) is 14.6 Å². The number of carbonyl (C=O) groups excluding carboxylic acids is 4. The third-order valence-corrected chi connectivity index (χ3v) is 6.46. The molecule has 29 heavy (non-hydrogen) atoms. The molecule has 0 unspecified atom stereocenters. The average Bonchev–Trinajstić information content (AvgIpc) is 3.44. The number of Topliss-reactive ketones (excluding diaryl/α,β-unsaturated/α-hetero) is 4. The fourth-order valence-corrected chi connectivity index (χ4v) is 4.77. The summed E-state index contributed by atoms with van der Waals surface area (Å²) < 4.78 is 40.7. The minimum Gasteiger partial charge on any atom is -0.291 e. The van der Waals surface area contributed by atoms with E-state index in [1.807, 2.05) is 0 Å². The molecule has 0 aromatic carbocycles. The molecule has 3 aromatic heterocycles. The Morgan fingerprint density at radius 3 is 1.17 bits per heavy atom. The molecule has 11 heteroatoms. The Morgan fingerprint density at radius 2 is 0.966 bits per heavy atom. The van der Waals surface area contributed by atoms with E-state index in [0.29, 0.717) is 0 Å². The topological polar surface area (TPSA) is 68.3 Å². The first kappa shape index (κ1) is 24.4. The molecule has 151 valence electrons. The van der Waals surface area contributed by atoms with Crippen LogP contribution in [0, 0.1) is 54.8 Å². The van der Waals surface area contributed by atoms with E-state index in [4.69, 9.17) is 0 Å². The smallest absolute Gasteiger partial charge is 0.291 e. The Bertz CT molecular complexity index is 911. The fraction of sp³-hybridized carbons (Fsp3) is 0.111. The minimum absolute atomic E-state index is 0. The van der Waals surface area contributed by atoms with E-state index in [-0.39, 0.29) is 64.0 Å². The average molecular weight is 594 g/mol. The van der Waals surface area contributed by atoms with Crippen molar-refractivity contribution in [1.82, 2.24) is 0 Å². The van der Waals surface area contributed by atoms with Crippen LogP contribution >= 0.6 is 34.0 Å². The quantitative estimate of drug-likeness (QED) is 0.287. The molecule has 0 saturated heterocycles. The van der Waals surface area contributed by atoms with Gasteiger partial charge in [-0.25, -0.2) is 0 Å². The van der Waals surface area contributed by atoms with Gasteiger partial charge in [0, 0.05) is 49.4 Å². The molecule has 0 saturated carbocycles. The first-order valence-electron chi connectivity index (χ1n) is 7.57. The summed E-state index contributed by atoms with van der Waals surface area (Å²) in [5, 5.41) is 4.21. The maximum atomic E-state index is 13.6. The van der Waals surface area contributed by atoms with E-state index in [0.717, 1.165) is 34.0 Å². The third-order valence-electron chi connectivity index (χ3n) is 3.85. The second-order valence-electron chi connectivity index (χ2n) is 5.50. The molecule has 0 aliphatic rings. The first-order chi connectivity index (χ1) is 13.2. The Labute approximate surface area is 215 Å². The van der Waals surface area contributed by atoms with E-state index in [1.165, 1.54) is 52.5 Å². The van der Waals surface area contributed by atoms with Gasteiger partial charge in [-0.2, -0.15) is 13.2 Å². The Kier molecular flexibility index (Phi) is 8.02. The molecule has 0 N–H and O–H groups in total. The molecule has 0 bridgehead atoms. The van der Waals surface area contributed by atoms with Crippen molar-refractivity contribution >= 4 is 57.1 Å². The Hall–Kier alpha value is -0.846. The van der Waals surface area contributed by atoms with E-state index >= 15 is 0 Å². The van der Waals surface area contributed by atoms with Crippen LogP contribution in [0.5, 0.6) is 0 Å². The second kappa shape index (κ2) is 9.53. The van der Waals surface area contributed by atoms with Crippen LogP contribution in [0.4, 0.5) is 13.2 Å². The predicted molar refractivity (Wildman–Crippen MR) is 99.4 cm³/mol. The summed E-state index contributed by atoms with van der Waals surface area (Å²) in [5.41, 5.74) is -3.56. The summed E-state index contributed by atoms with van der Waals surface area (Å²) in [4.78, 5) is 51.1. The van der Waals surface area contributed by atoms with Crippen molar-refractivity contribution in [2.24, 2.45) is 5.41 Å². The molecular formula is C18H9EuF3O4S3. The number of hydrogen-bond acceptors (Lipinski definition) is 7.